The van der Waals surface area contributed by atoms with Crippen molar-refractivity contribution in [1.29, 1.82) is 0 Å². The van der Waals surface area contributed by atoms with Gasteiger partial charge in [-0.25, -0.2) is 4.79 Å². The first-order chi connectivity index (χ1) is 12.1. The normalized spacial score (nSPS) is 13.5. The van der Waals surface area contributed by atoms with Gasteiger partial charge in [-0.1, -0.05) is 48.0 Å². The molecule has 0 bridgehead atoms. The SMILES string of the molecule is CCOC(=O)C(=O)/C(=C/N1CCc2cc(C)ccc21)c1ccccc1. The fourth-order valence-corrected chi connectivity index (χ4v) is 3.03. The first-order valence-electron chi connectivity index (χ1n) is 8.45. The van der Waals surface area contributed by atoms with Crippen molar-refractivity contribution in [1.82, 2.24) is 0 Å². The maximum Gasteiger partial charge on any atom is 0.379 e. The van der Waals surface area contributed by atoms with Gasteiger partial charge in [-0.15, -0.1) is 0 Å². The van der Waals surface area contributed by atoms with Crippen LogP contribution in [0.4, 0.5) is 5.69 Å². The molecule has 2 aromatic carbocycles. The fraction of sp³-hybridized carbons (Fsp3) is 0.238. The second-order valence-corrected chi connectivity index (χ2v) is 6.03. The van der Waals surface area contributed by atoms with Gasteiger partial charge in [0.2, 0.25) is 0 Å². The number of nitrogens with zero attached hydrogens (tertiary/aromatic N) is 1. The van der Waals surface area contributed by atoms with Crippen molar-refractivity contribution in [2.24, 2.45) is 0 Å². The van der Waals surface area contributed by atoms with Crippen molar-refractivity contribution >= 4 is 23.0 Å². The molecule has 0 aromatic heterocycles. The number of carbonyl (C=O) groups is 2. The van der Waals surface area contributed by atoms with Gasteiger partial charge in [0.25, 0.3) is 5.78 Å². The fourth-order valence-electron chi connectivity index (χ4n) is 3.03. The van der Waals surface area contributed by atoms with Crippen LogP contribution < -0.4 is 4.90 Å². The Bertz CT molecular complexity index is 824. The van der Waals surface area contributed by atoms with E-state index in [0.717, 1.165) is 18.7 Å². The van der Waals surface area contributed by atoms with Gasteiger partial charge in [-0.3, -0.25) is 4.79 Å². The van der Waals surface area contributed by atoms with E-state index < -0.39 is 11.8 Å². The molecule has 0 saturated heterocycles. The van der Waals surface area contributed by atoms with Gasteiger partial charge < -0.3 is 9.64 Å². The van der Waals surface area contributed by atoms with Crippen molar-refractivity contribution in [3.8, 4) is 0 Å². The van der Waals surface area contributed by atoms with E-state index in [9.17, 15) is 9.59 Å². The average molecular weight is 335 g/mol. The van der Waals surface area contributed by atoms with Crippen LogP contribution in [0.2, 0.25) is 0 Å². The molecule has 3 rings (SSSR count). The highest BCUT2D eigenvalue weighted by molar-refractivity contribution is 6.51. The molecule has 25 heavy (non-hydrogen) atoms. The third kappa shape index (κ3) is 3.63. The summed E-state index contributed by atoms with van der Waals surface area (Å²) in [6.07, 6.45) is 2.69. The lowest BCUT2D eigenvalue weighted by Gasteiger charge is -2.17. The Labute approximate surface area is 147 Å². The van der Waals surface area contributed by atoms with E-state index in [1.54, 1.807) is 13.1 Å². The Kier molecular flexibility index (Phi) is 4.98. The molecule has 0 spiro atoms. The summed E-state index contributed by atoms with van der Waals surface area (Å²) in [5.41, 5.74) is 4.62. The minimum Gasteiger partial charge on any atom is -0.460 e. The maximum absolute atomic E-state index is 12.6. The number of ether oxygens (including phenoxy) is 1. The van der Waals surface area contributed by atoms with E-state index in [4.69, 9.17) is 4.74 Å². The number of esters is 1. The number of Topliss-reactive ketones (excluding diaryl/α,β-unsaturated/α-hetero) is 1. The molecule has 0 amide bonds. The monoisotopic (exact) mass is 335 g/mol. The summed E-state index contributed by atoms with van der Waals surface area (Å²) in [7, 11) is 0. The van der Waals surface area contributed by atoms with Crippen LogP contribution in [0.15, 0.2) is 54.7 Å². The molecule has 128 valence electrons. The van der Waals surface area contributed by atoms with Gasteiger partial charge in [-0.05, 0) is 37.5 Å². The van der Waals surface area contributed by atoms with Crippen molar-refractivity contribution in [3.63, 3.8) is 0 Å². The molecule has 0 fully saturated rings. The predicted octanol–water partition coefficient (Wildman–Crippen LogP) is 3.53. The van der Waals surface area contributed by atoms with Crippen molar-refractivity contribution in [2.75, 3.05) is 18.1 Å². The van der Waals surface area contributed by atoms with Crippen LogP contribution in [0, 0.1) is 6.92 Å². The summed E-state index contributed by atoms with van der Waals surface area (Å²) in [6, 6.07) is 15.5. The number of benzene rings is 2. The topological polar surface area (TPSA) is 46.6 Å². The number of carbonyl (C=O) groups excluding carboxylic acids is 2. The van der Waals surface area contributed by atoms with Crippen LogP contribution in [0.1, 0.15) is 23.6 Å². The van der Waals surface area contributed by atoms with Crippen molar-refractivity contribution in [3.05, 3.63) is 71.4 Å². The zero-order chi connectivity index (χ0) is 17.8. The molecule has 0 unspecified atom stereocenters. The Morgan fingerprint density at radius 3 is 2.64 bits per heavy atom. The number of rotatable bonds is 5. The highest BCUT2D eigenvalue weighted by Crippen LogP contribution is 2.30. The first-order valence-corrected chi connectivity index (χ1v) is 8.45. The molecule has 0 N–H and O–H groups in total. The third-order valence-electron chi connectivity index (χ3n) is 4.24. The minimum absolute atomic E-state index is 0.179. The minimum atomic E-state index is -0.819. The molecule has 4 heteroatoms. The molecule has 0 radical (unpaired) electrons. The zero-order valence-electron chi connectivity index (χ0n) is 14.5. The van der Waals surface area contributed by atoms with Gasteiger partial charge in [-0.2, -0.15) is 0 Å². The zero-order valence-corrected chi connectivity index (χ0v) is 14.5. The van der Waals surface area contributed by atoms with Crippen molar-refractivity contribution < 1.29 is 14.3 Å². The standard InChI is InChI=1S/C21H21NO3/c1-3-25-21(24)20(23)18(16-7-5-4-6-8-16)14-22-12-11-17-13-15(2)9-10-19(17)22/h4-10,13-14H,3,11-12H2,1-2H3/b18-14+. The van der Waals surface area contributed by atoms with E-state index in [1.165, 1.54) is 11.1 Å². The van der Waals surface area contributed by atoms with Gasteiger partial charge in [0, 0.05) is 18.4 Å². The molecule has 1 aliphatic rings. The quantitative estimate of drug-likeness (QED) is 0.476. The second-order valence-electron chi connectivity index (χ2n) is 6.03. The molecule has 1 aliphatic heterocycles. The van der Waals surface area contributed by atoms with E-state index in [2.05, 4.69) is 25.1 Å². The molecular formula is C21H21NO3. The summed E-state index contributed by atoms with van der Waals surface area (Å²) < 4.78 is 4.91. The number of hydrogen-bond acceptors (Lipinski definition) is 4. The first kappa shape index (κ1) is 17.0. The Morgan fingerprint density at radius 1 is 1.16 bits per heavy atom. The number of anilines is 1. The molecule has 4 nitrogen and oxygen atoms in total. The van der Waals surface area contributed by atoms with Crippen LogP contribution in [0.5, 0.6) is 0 Å². The molecule has 0 saturated carbocycles. The molecule has 1 heterocycles. The summed E-state index contributed by atoms with van der Waals surface area (Å²) in [5, 5.41) is 0. The largest absolute Gasteiger partial charge is 0.460 e. The van der Waals surface area contributed by atoms with Gasteiger partial charge in [0.1, 0.15) is 0 Å². The van der Waals surface area contributed by atoms with E-state index in [1.807, 2.05) is 35.2 Å². The summed E-state index contributed by atoms with van der Waals surface area (Å²) >= 11 is 0. The third-order valence-corrected chi connectivity index (χ3v) is 4.24. The van der Waals surface area contributed by atoms with E-state index in [-0.39, 0.29) is 6.61 Å². The Balaban J connectivity index is 2.00. The Hall–Kier alpha value is -2.88. The van der Waals surface area contributed by atoms with Crippen LogP contribution in [0.3, 0.4) is 0 Å². The Morgan fingerprint density at radius 2 is 1.92 bits per heavy atom. The second kappa shape index (κ2) is 7.34. The molecular weight excluding hydrogens is 314 g/mol. The summed E-state index contributed by atoms with van der Waals surface area (Å²) in [6.45, 7) is 4.72. The number of fused-ring (bicyclic) bond motifs is 1. The van der Waals surface area contributed by atoms with Crippen LogP contribution in [-0.4, -0.2) is 24.9 Å². The molecule has 2 aromatic rings. The number of aryl methyl sites for hydroxylation is 1. The predicted molar refractivity (Wildman–Crippen MR) is 98.3 cm³/mol. The van der Waals surface area contributed by atoms with Crippen LogP contribution >= 0.6 is 0 Å². The van der Waals surface area contributed by atoms with E-state index >= 15 is 0 Å². The van der Waals surface area contributed by atoms with Crippen molar-refractivity contribution in [2.45, 2.75) is 20.3 Å². The van der Waals surface area contributed by atoms with Crippen LogP contribution in [-0.2, 0) is 20.7 Å². The lowest BCUT2D eigenvalue weighted by atomic mass is 10.0. The van der Waals surface area contributed by atoms with Gasteiger partial charge in [0.15, 0.2) is 0 Å². The maximum atomic E-state index is 12.6. The number of ketones is 1. The molecule has 0 atom stereocenters. The van der Waals surface area contributed by atoms with Gasteiger partial charge >= 0.3 is 5.97 Å². The highest BCUT2D eigenvalue weighted by atomic mass is 16.5. The average Bonchev–Trinajstić information content (AvgIpc) is 3.02. The lowest BCUT2D eigenvalue weighted by molar-refractivity contribution is -0.150. The highest BCUT2D eigenvalue weighted by Gasteiger charge is 2.25. The number of hydrogen-bond donors (Lipinski definition) is 0. The van der Waals surface area contributed by atoms with Crippen LogP contribution in [0.25, 0.3) is 5.57 Å². The molecule has 0 aliphatic carbocycles. The van der Waals surface area contributed by atoms with Gasteiger partial charge in [0.05, 0.1) is 12.2 Å². The van der Waals surface area contributed by atoms with E-state index in [0.29, 0.717) is 11.1 Å². The smallest absolute Gasteiger partial charge is 0.379 e. The lowest BCUT2D eigenvalue weighted by Crippen LogP contribution is -2.22. The summed E-state index contributed by atoms with van der Waals surface area (Å²) in [4.78, 5) is 26.6. The summed E-state index contributed by atoms with van der Waals surface area (Å²) in [5.74, 6) is -1.44.